The predicted octanol–water partition coefficient (Wildman–Crippen LogP) is 2.23. The van der Waals surface area contributed by atoms with Crippen molar-refractivity contribution in [2.24, 2.45) is 0 Å². The predicted molar refractivity (Wildman–Crippen MR) is 119 cm³/mol. The van der Waals surface area contributed by atoms with Gasteiger partial charge in [0.1, 0.15) is 15.6 Å². The number of hydrogen-bond donors (Lipinski definition) is 1. The third kappa shape index (κ3) is 4.84. The Hall–Kier alpha value is -2.37. The molecule has 174 valence electrons. The van der Waals surface area contributed by atoms with E-state index in [1.165, 1.54) is 35.3 Å². The summed E-state index contributed by atoms with van der Waals surface area (Å²) in [6.45, 7) is 8.08. The lowest BCUT2D eigenvalue weighted by atomic mass is 9.91. The highest BCUT2D eigenvalue weighted by Gasteiger charge is 2.39. The van der Waals surface area contributed by atoms with Gasteiger partial charge in [0, 0.05) is 25.6 Å². The molecule has 2 heterocycles. The van der Waals surface area contributed by atoms with Gasteiger partial charge in [-0.3, -0.25) is 9.59 Å². The van der Waals surface area contributed by atoms with Gasteiger partial charge in [0.25, 0.3) is 5.91 Å². The maximum atomic E-state index is 13.9. The van der Waals surface area contributed by atoms with E-state index in [-0.39, 0.29) is 17.4 Å². The van der Waals surface area contributed by atoms with E-state index in [0.717, 1.165) is 17.8 Å². The number of sulfonamides is 1. The van der Waals surface area contributed by atoms with Crippen molar-refractivity contribution in [2.75, 3.05) is 20.1 Å². The van der Waals surface area contributed by atoms with Gasteiger partial charge in [-0.05, 0) is 19.1 Å². The van der Waals surface area contributed by atoms with Crippen molar-refractivity contribution in [3.8, 4) is 0 Å². The Labute approximate surface area is 191 Å². The van der Waals surface area contributed by atoms with Gasteiger partial charge in [-0.25, -0.2) is 17.8 Å². The lowest BCUT2D eigenvalue weighted by molar-refractivity contribution is -0.136. The molecule has 1 aliphatic rings. The van der Waals surface area contributed by atoms with Gasteiger partial charge in [0.05, 0.1) is 23.3 Å². The molecule has 11 heteroatoms. The van der Waals surface area contributed by atoms with E-state index in [1.54, 1.807) is 17.5 Å². The summed E-state index contributed by atoms with van der Waals surface area (Å²) in [5, 5.41) is 0. The second-order valence-electron chi connectivity index (χ2n) is 8.87. The summed E-state index contributed by atoms with van der Waals surface area (Å²) >= 11 is 1.30. The second kappa shape index (κ2) is 8.87. The molecule has 8 nitrogen and oxygen atoms in total. The van der Waals surface area contributed by atoms with Crippen molar-refractivity contribution in [2.45, 2.75) is 50.1 Å². The summed E-state index contributed by atoms with van der Waals surface area (Å²) in [5.74, 6) is -1.48. The number of nitrogens with zero attached hydrogens (tertiary/aromatic N) is 3. The second-order valence-corrected chi connectivity index (χ2v) is 11.4. The van der Waals surface area contributed by atoms with E-state index in [9.17, 15) is 22.4 Å². The molecule has 1 aliphatic heterocycles. The number of carbonyl (C=O) groups is 2. The lowest BCUT2D eigenvalue weighted by Gasteiger charge is -2.44. The number of nitrogens with one attached hydrogen (secondary N) is 1. The van der Waals surface area contributed by atoms with Gasteiger partial charge in [0.2, 0.25) is 15.9 Å². The third-order valence-corrected chi connectivity index (χ3v) is 7.73. The van der Waals surface area contributed by atoms with Crippen LogP contribution in [0.15, 0.2) is 34.7 Å². The number of benzene rings is 1. The summed E-state index contributed by atoms with van der Waals surface area (Å²) in [4.78, 5) is 33.1. The molecule has 0 saturated carbocycles. The number of thiazole rings is 1. The molecule has 32 heavy (non-hydrogen) atoms. The number of rotatable bonds is 6. The first-order chi connectivity index (χ1) is 14.8. The topological polar surface area (TPSA) is 99.7 Å². The van der Waals surface area contributed by atoms with Crippen molar-refractivity contribution in [1.29, 1.82) is 0 Å². The van der Waals surface area contributed by atoms with E-state index >= 15 is 0 Å². The Balaban J connectivity index is 1.60. The first kappa shape index (κ1) is 24.3. The Morgan fingerprint density at radius 1 is 1.28 bits per heavy atom. The number of hydrogen-bond acceptors (Lipinski definition) is 6. The summed E-state index contributed by atoms with van der Waals surface area (Å²) in [7, 11) is -2.63. The Kier molecular flexibility index (Phi) is 6.73. The molecule has 1 N–H and O–H groups in total. The van der Waals surface area contributed by atoms with Gasteiger partial charge in [-0.1, -0.05) is 32.9 Å². The zero-order chi connectivity index (χ0) is 23.8. The highest BCUT2D eigenvalue weighted by molar-refractivity contribution is 7.89. The summed E-state index contributed by atoms with van der Waals surface area (Å²) in [6, 6.07) is 3.64. The van der Waals surface area contributed by atoms with Crippen molar-refractivity contribution >= 4 is 33.2 Å². The number of likely N-dealkylation sites (tertiary alicyclic amines) is 1. The molecule has 0 bridgehead atoms. The van der Waals surface area contributed by atoms with Crippen molar-refractivity contribution < 1.29 is 22.4 Å². The molecule has 0 aliphatic carbocycles. The summed E-state index contributed by atoms with van der Waals surface area (Å²) in [6.07, 6.45) is 0. The minimum absolute atomic E-state index is 0.122. The van der Waals surface area contributed by atoms with Gasteiger partial charge in [-0.2, -0.15) is 4.72 Å². The van der Waals surface area contributed by atoms with Crippen LogP contribution in [0.2, 0.25) is 0 Å². The van der Waals surface area contributed by atoms with E-state index in [2.05, 4.69) is 9.71 Å². The Morgan fingerprint density at radius 3 is 2.50 bits per heavy atom. The Bertz CT molecular complexity index is 1120. The van der Waals surface area contributed by atoms with Crippen molar-refractivity contribution in [3.05, 3.63) is 46.2 Å². The first-order valence-electron chi connectivity index (χ1n) is 10.1. The number of aromatic nitrogens is 1. The van der Waals surface area contributed by atoms with Gasteiger partial charge < -0.3 is 9.80 Å². The average molecular weight is 483 g/mol. The smallest absolute Gasteiger partial charge is 0.266 e. The first-order valence-corrected chi connectivity index (χ1v) is 12.5. The zero-order valence-corrected chi connectivity index (χ0v) is 20.3. The highest BCUT2D eigenvalue weighted by atomic mass is 32.2. The van der Waals surface area contributed by atoms with Crippen LogP contribution in [0.5, 0.6) is 0 Å². The monoisotopic (exact) mass is 482 g/mol. The van der Waals surface area contributed by atoms with Crippen molar-refractivity contribution in [1.82, 2.24) is 19.5 Å². The number of amides is 2. The van der Waals surface area contributed by atoms with Crippen LogP contribution in [0.4, 0.5) is 4.39 Å². The van der Waals surface area contributed by atoms with E-state index in [4.69, 9.17) is 0 Å². The molecule has 0 spiro atoms. The zero-order valence-electron chi connectivity index (χ0n) is 18.6. The summed E-state index contributed by atoms with van der Waals surface area (Å²) in [5.41, 5.74) is 2.15. The van der Waals surface area contributed by atoms with Crippen LogP contribution in [0.3, 0.4) is 0 Å². The highest BCUT2D eigenvalue weighted by Crippen LogP contribution is 2.29. The fourth-order valence-electron chi connectivity index (χ4n) is 3.44. The molecule has 0 radical (unpaired) electrons. The number of likely N-dealkylation sites (N-methyl/N-ethyl adjacent to an activating group) is 1. The maximum absolute atomic E-state index is 13.9. The fraction of sp³-hybridized carbons (Fsp3) is 0.476. The van der Waals surface area contributed by atoms with Crippen LogP contribution in [-0.4, -0.2) is 67.2 Å². The van der Waals surface area contributed by atoms with E-state index in [0.29, 0.717) is 18.0 Å². The SMILES string of the molecule is CC(NS(=O)(=O)c1ccccc1F)C(=O)N(C)C1CN(C(=O)c2scnc2C(C)(C)C)C1. The Morgan fingerprint density at radius 2 is 1.91 bits per heavy atom. The molecule has 1 aromatic carbocycles. The molecule has 1 fully saturated rings. The normalized spacial score (nSPS) is 15.9. The molecule has 1 saturated heterocycles. The van der Waals surface area contributed by atoms with Crippen molar-refractivity contribution in [3.63, 3.8) is 0 Å². The molecule has 2 aromatic rings. The van der Waals surface area contributed by atoms with Gasteiger partial charge in [-0.15, -0.1) is 11.3 Å². The fourth-order valence-corrected chi connectivity index (χ4v) is 5.68. The minimum Gasteiger partial charge on any atom is -0.338 e. The minimum atomic E-state index is -4.20. The molecule has 1 atom stereocenters. The molecule has 3 rings (SSSR count). The van der Waals surface area contributed by atoms with E-state index in [1.807, 2.05) is 20.8 Å². The number of carbonyl (C=O) groups excluding carboxylic acids is 2. The average Bonchev–Trinajstić information content (AvgIpc) is 3.16. The molecule has 1 unspecified atom stereocenters. The molecular formula is C21H27FN4O4S2. The molecular weight excluding hydrogens is 455 g/mol. The summed E-state index contributed by atoms with van der Waals surface area (Å²) < 4.78 is 41.0. The molecule has 2 amide bonds. The quantitative estimate of drug-likeness (QED) is 0.681. The number of halogens is 1. The van der Waals surface area contributed by atoms with Crippen LogP contribution < -0.4 is 4.72 Å². The van der Waals surface area contributed by atoms with Crippen LogP contribution in [0.25, 0.3) is 0 Å². The largest absolute Gasteiger partial charge is 0.338 e. The standard InChI is InChI=1S/C21H27FN4O4S2/c1-13(24-32(29,30)16-9-7-6-8-15(16)22)19(27)25(5)14-10-26(11-14)20(28)17-18(21(2,3)4)23-12-31-17/h6-9,12-14,24H,10-11H2,1-5H3. The maximum Gasteiger partial charge on any atom is 0.266 e. The van der Waals surface area contributed by atoms with Crippen LogP contribution in [0.1, 0.15) is 43.1 Å². The van der Waals surface area contributed by atoms with Crippen LogP contribution in [-0.2, 0) is 20.2 Å². The van der Waals surface area contributed by atoms with Gasteiger partial charge in [0.15, 0.2) is 0 Å². The van der Waals surface area contributed by atoms with Gasteiger partial charge >= 0.3 is 0 Å². The third-order valence-electron chi connectivity index (χ3n) is 5.35. The van der Waals surface area contributed by atoms with Crippen LogP contribution >= 0.6 is 11.3 Å². The lowest BCUT2D eigenvalue weighted by Crippen LogP contribution is -2.63. The molecule has 1 aromatic heterocycles. The van der Waals surface area contributed by atoms with E-state index < -0.39 is 32.7 Å². The van der Waals surface area contributed by atoms with Crippen LogP contribution in [0, 0.1) is 5.82 Å².